The zero-order valence-electron chi connectivity index (χ0n) is 3.57. The van der Waals surface area contributed by atoms with Crippen molar-refractivity contribution in [3.05, 3.63) is 6.42 Å². The van der Waals surface area contributed by atoms with Gasteiger partial charge >= 0.3 is 0 Å². The van der Waals surface area contributed by atoms with E-state index in [1.54, 1.807) is 0 Å². The Kier molecular flexibility index (Phi) is 0.640. The zero-order chi connectivity index (χ0) is 3.70. The molecule has 0 spiro atoms. The highest BCUT2D eigenvalue weighted by molar-refractivity contribution is 4.81. The van der Waals surface area contributed by atoms with Crippen molar-refractivity contribution in [2.24, 2.45) is 5.92 Å². The summed E-state index contributed by atoms with van der Waals surface area (Å²) in [6, 6.07) is 0. The second-order valence-electron chi connectivity index (χ2n) is 1.87. The Morgan fingerprint density at radius 2 is 2.00 bits per heavy atom. The van der Waals surface area contributed by atoms with E-state index < -0.39 is 0 Å². The van der Waals surface area contributed by atoms with Gasteiger partial charge in [0, 0.05) is 0 Å². The first-order chi connectivity index (χ1) is 2.39. The van der Waals surface area contributed by atoms with Crippen molar-refractivity contribution >= 4 is 0 Å². The van der Waals surface area contributed by atoms with Crippen LogP contribution in [0.15, 0.2) is 0 Å². The Morgan fingerprint density at radius 1 is 1.60 bits per heavy atom. The summed E-state index contributed by atoms with van der Waals surface area (Å²) in [5.74, 6) is 1.01. The van der Waals surface area contributed by atoms with Crippen LogP contribution in [0.5, 0.6) is 0 Å². The fourth-order valence-electron chi connectivity index (χ4n) is 0.500. The lowest BCUT2D eigenvalue weighted by molar-refractivity contribution is 0.451. The Bertz CT molecular complexity index is 27.0. The first-order valence-electron chi connectivity index (χ1n) is 2.21. The average molecular weight is 69.1 g/mol. The molecule has 0 atom stereocenters. The molecule has 0 bridgehead atoms. The van der Waals surface area contributed by atoms with Crippen molar-refractivity contribution in [2.45, 2.75) is 19.8 Å². The first-order valence-corrected chi connectivity index (χ1v) is 2.21. The monoisotopic (exact) mass is 69.1 g/mol. The minimum absolute atomic E-state index is 1.01. The van der Waals surface area contributed by atoms with Crippen LogP contribution in [-0.2, 0) is 0 Å². The van der Waals surface area contributed by atoms with E-state index in [4.69, 9.17) is 0 Å². The van der Waals surface area contributed by atoms with Crippen LogP contribution < -0.4 is 0 Å². The molecule has 0 aliphatic heterocycles. The van der Waals surface area contributed by atoms with Gasteiger partial charge in [0.25, 0.3) is 0 Å². The molecule has 1 aliphatic carbocycles. The van der Waals surface area contributed by atoms with E-state index in [1.807, 2.05) is 0 Å². The Balaban J connectivity index is 2.08. The van der Waals surface area contributed by atoms with Crippen LogP contribution in [0.1, 0.15) is 19.8 Å². The molecule has 29 valence electrons. The fourth-order valence-corrected chi connectivity index (χ4v) is 0.500. The molecular formula is C5H9. The SMILES string of the molecule is CC1C[CH]C1. The highest BCUT2D eigenvalue weighted by Gasteiger charge is 2.09. The summed E-state index contributed by atoms with van der Waals surface area (Å²) in [6.45, 7) is 2.28. The summed E-state index contributed by atoms with van der Waals surface area (Å²) in [6.07, 6.45) is 5.05. The van der Waals surface area contributed by atoms with Gasteiger partial charge in [0.05, 0.1) is 0 Å². The normalized spacial score (nSPS) is 25.8. The summed E-state index contributed by atoms with van der Waals surface area (Å²) in [5.41, 5.74) is 0. The topological polar surface area (TPSA) is 0 Å². The molecule has 0 N–H and O–H groups in total. The van der Waals surface area contributed by atoms with E-state index in [0.717, 1.165) is 5.92 Å². The van der Waals surface area contributed by atoms with E-state index >= 15 is 0 Å². The molecular weight excluding hydrogens is 60.1 g/mol. The molecule has 1 aliphatic rings. The van der Waals surface area contributed by atoms with Gasteiger partial charge in [-0.2, -0.15) is 0 Å². The van der Waals surface area contributed by atoms with Crippen molar-refractivity contribution in [2.75, 3.05) is 0 Å². The molecule has 0 heterocycles. The molecule has 0 unspecified atom stereocenters. The average Bonchev–Trinajstić information content (AvgIpc) is 1.30. The number of hydrogen-bond donors (Lipinski definition) is 0. The molecule has 0 saturated heterocycles. The van der Waals surface area contributed by atoms with Gasteiger partial charge < -0.3 is 0 Å². The highest BCUT2D eigenvalue weighted by atomic mass is 14.1. The predicted molar refractivity (Wildman–Crippen MR) is 22.7 cm³/mol. The predicted octanol–water partition coefficient (Wildman–Crippen LogP) is 1.62. The minimum Gasteiger partial charge on any atom is -0.0625 e. The van der Waals surface area contributed by atoms with Crippen molar-refractivity contribution in [1.82, 2.24) is 0 Å². The molecule has 0 aromatic carbocycles. The summed E-state index contributed by atoms with van der Waals surface area (Å²) in [7, 11) is 0. The Labute approximate surface area is 33.2 Å². The number of rotatable bonds is 0. The standard InChI is InChI=1S/C5H9/c1-5-3-2-4-5/h2,5H,3-4H2,1H3. The van der Waals surface area contributed by atoms with Crippen molar-refractivity contribution in [3.8, 4) is 0 Å². The molecule has 1 saturated carbocycles. The van der Waals surface area contributed by atoms with Crippen molar-refractivity contribution in [1.29, 1.82) is 0 Å². The molecule has 1 rings (SSSR count). The molecule has 0 nitrogen and oxygen atoms in total. The van der Waals surface area contributed by atoms with E-state index in [0.29, 0.717) is 0 Å². The van der Waals surface area contributed by atoms with Crippen molar-refractivity contribution in [3.63, 3.8) is 0 Å². The smallest absolute Gasteiger partial charge is 0.0381 e. The van der Waals surface area contributed by atoms with Crippen LogP contribution in [0.3, 0.4) is 0 Å². The van der Waals surface area contributed by atoms with Crippen LogP contribution in [-0.4, -0.2) is 0 Å². The summed E-state index contributed by atoms with van der Waals surface area (Å²) >= 11 is 0. The number of hydrogen-bond acceptors (Lipinski definition) is 0. The maximum atomic E-state index is 2.32. The Hall–Kier alpha value is 0. The minimum atomic E-state index is 1.01. The molecule has 1 radical (unpaired) electrons. The first kappa shape index (κ1) is 3.20. The lowest BCUT2D eigenvalue weighted by Gasteiger charge is -2.18. The van der Waals surface area contributed by atoms with Gasteiger partial charge in [0.15, 0.2) is 0 Å². The van der Waals surface area contributed by atoms with Crippen LogP contribution in [0.25, 0.3) is 0 Å². The van der Waals surface area contributed by atoms with Gasteiger partial charge in [-0.05, 0) is 25.2 Å². The zero-order valence-corrected chi connectivity index (χ0v) is 3.57. The van der Waals surface area contributed by atoms with Gasteiger partial charge in [-0.25, -0.2) is 0 Å². The van der Waals surface area contributed by atoms with Crippen LogP contribution in [0.4, 0.5) is 0 Å². The maximum absolute atomic E-state index is 2.32. The molecule has 1 fully saturated rings. The third kappa shape index (κ3) is 0.444. The highest BCUT2D eigenvalue weighted by Crippen LogP contribution is 2.23. The third-order valence-corrected chi connectivity index (χ3v) is 1.14. The fraction of sp³-hybridized carbons (Fsp3) is 0.800. The maximum Gasteiger partial charge on any atom is -0.0381 e. The summed E-state index contributed by atoms with van der Waals surface area (Å²) < 4.78 is 0. The second-order valence-corrected chi connectivity index (χ2v) is 1.87. The van der Waals surface area contributed by atoms with E-state index in [9.17, 15) is 0 Å². The van der Waals surface area contributed by atoms with Crippen molar-refractivity contribution < 1.29 is 0 Å². The van der Waals surface area contributed by atoms with E-state index in [-0.39, 0.29) is 0 Å². The van der Waals surface area contributed by atoms with E-state index in [2.05, 4.69) is 13.3 Å². The third-order valence-electron chi connectivity index (χ3n) is 1.14. The van der Waals surface area contributed by atoms with E-state index in [1.165, 1.54) is 12.8 Å². The summed E-state index contributed by atoms with van der Waals surface area (Å²) in [4.78, 5) is 0. The van der Waals surface area contributed by atoms with Crippen LogP contribution in [0, 0.1) is 12.3 Å². The quantitative estimate of drug-likeness (QED) is 0.405. The molecule has 5 heavy (non-hydrogen) atoms. The largest absolute Gasteiger partial charge is 0.0625 e. The molecule has 0 aromatic rings. The summed E-state index contributed by atoms with van der Waals surface area (Å²) in [5, 5.41) is 0. The lowest BCUT2D eigenvalue weighted by atomic mass is 9.88. The van der Waals surface area contributed by atoms with Gasteiger partial charge in [0.2, 0.25) is 0 Å². The van der Waals surface area contributed by atoms with Gasteiger partial charge in [-0.15, -0.1) is 0 Å². The van der Waals surface area contributed by atoms with Crippen LogP contribution >= 0.6 is 0 Å². The van der Waals surface area contributed by atoms with Gasteiger partial charge in [-0.1, -0.05) is 6.92 Å². The Morgan fingerprint density at radius 3 is 2.00 bits per heavy atom. The van der Waals surface area contributed by atoms with Crippen LogP contribution in [0.2, 0.25) is 0 Å². The van der Waals surface area contributed by atoms with Gasteiger partial charge in [0.1, 0.15) is 0 Å². The molecule has 0 aromatic heterocycles. The van der Waals surface area contributed by atoms with Gasteiger partial charge in [-0.3, -0.25) is 0 Å². The molecule has 0 amide bonds. The lowest BCUT2D eigenvalue weighted by Crippen LogP contribution is -2.05. The molecule has 0 heteroatoms. The second kappa shape index (κ2) is 1.00.